The molecule has 0 spiro atoms. The van der Waals surface area contributed by atoms with Crippen LogP contribution in [0.5, 0.6) is 5.75 Å². The molecule has 1 aromatic carbocycles. The molecule has 2 nitrogen and oxygen atoms in total. The summed E-state index contributed by atoms with van der Waals surface area (Å²) in [7, 11) is 0. The molecule has 1 N–H and O–H groups in total. The Morgan fingerprint density at radius 3 is 2.71 bits per heavy atom. The van der Waals surface area contributed by atoms with Gasteiger partial charge in [0.05, 0.1) is 6.61 Å². The maximum atomic E-state index is 5.61. The number of fused-ring (bicyclic) bond motifs is 2. The summed E-state index contributed by atoms with van der Waals surface area (Å²) < 4.78 is 6.79. The number of hydrogen-bond acceptors (Lipinski definition) is 2. The van der Waals surface area contributed by atoms with Crippen molar-refractivity contribution in [3.8, 4) is 5.75 Å². The normalized spacial score (nSPS) is 28.8. The fourth-order valence-corrected chi connectivity index (χ4v) is 5.04. The largest absolute Gasteiger partial charge is 0.494 e. The molecule has 2 bridgehead atoms. The van der Waals surface area contributed by atoms with Crippen LogP contribution in [0.2, 0.25) is 0 Å². The van der Waals surface area contributed by atoms with E-state index in [2.05, 4.69) is 46.4 Å². The van der Waals surface area contributed by atoms with Crippen LogP contribution < -0.4 is 10.1 Å². The first kappa shape index (κ1) is 15.4. The molecule has 4 atom stereocenters. The zero-order chi connectivity index (χ0) is 14.8. The Labute approximate surface area is 136 Å². The molecule has 0 amide bonds. The molecule has 0 radical (unpaired) electrons. The van der Waals surface area contributed by atoms with Crippen molar-refractivity contribution in [3.63, 3.8) is 0 Å². The van der Waals surface area contributed by atoms with E-state index in [0.717, 1.165) is 36.7 Å². The quantitative estimate of drug-likeness (QED) is 0.783. The molecule has 2 saturated carbocycles. The number of rotatable bonds is 6. The van der Waals surface area contributed by atoms with Crippen LogP contribution in [-0.4, -0.2) is 13.2 Å². The molecule has 0 aliphatic heterocycles. The molecule has 4 unspecified atom stereocenters. The molecule has 116 valence electrons. The van der Waals surface area contributed by atoms with Crippen molar-refractivity contribution in [1.82, 2.24) is 5.32 Å². The molecule has 2 aliphatic carbocycles. The second-order valence-corrected chi connectivity index (χ2v) is 7.34. The second kappa shape index (κ2) is 6.70. The van der Waals surface area contributed by atoms with Crippen LogP contribution in [0.4, 0.5) is 0 Å². The SMILES string of the molecule is CCNC(c1ccc(OCC)cc1Br)C1CC2CCC1C2. The predicted octanol–water partition coefficient (Wildman–Crippen LogP) is 4.93. The standard InChI is InChI=1S/C18H26BrNO/c1-3-20-18(16-10-12-5-6-13(16)9-12)15-8-7-14(21-4-2)11-17(15)19/h7-8,11-13,16,18,20H,3-6,9-10H2,1-2H3. The summed E-state index contributed by atoms with van der Waals surface area (Å²) in [6, 6.07) is 6.96. The molecular formula is C18H26BrNO. The number of nitrogens with one attached hydrogen (secondary N) is 1. The van der Waals surface area contributed by atoms with Crippen LogP contribution in [0.3, 0.4) is 0 Å². The first-order valence-corrected chi connectivity index (χ1v) is 9.17. The first-order chi connectivity index (χ1) is 10.2. The van der Waals surface area contributed by atoms with Gasteiger partial charge in [0.1, 0.15) is 5.75 Å². The van der Waals surface area contributed by atoms with Crippen molar-refractivity contribution < 1.29 is 4.74 Å². The summed E-state index contributed by atoms with van der Waals surface area (Å²) in [6.07, 6.45) is 5.76. The molecule has 0 saturated heterocycles. The highest BCUT2D eigenvalue weighted by molar-refractivity contribution is 9.10. The lowest BCUT2D eigenvalue weighted by molar-refractivity contribution is 0.252. The van der Waals surface area contributed by atoms with Gasteiger partial charge >= 0.3 is 0 Å². The first-order valence-electron chi connectivity index (χ1n) is 8.38. The van der Waals surface area contributed by atoms with E-state index in [0.29, 0.717) is 6.04 Å². The van der Waals surface area contributed by atoms with Gasteiger partial charge in [-0.1, -0.05) is 35.3 Å². The van der Waals surface area contributed by atoms with Crippen molar-refractivity contribution >= 4 is 15.9 Å². The van der Waals surface area contributed by atoms with Gasteiger partial charge in [0.2, 0.25) is 0 Å². The highest BCUT2D eigenvalue weighted by Gasteiger charge is 2.43. The van der Waals surface area contributed by atoms with E-state index < -0.39 is 0 Å². The molecule has 2 fully saturated rings. The fourth-order valence-electron chi connectivity index (χ4n) is 4.43. The third-order valence-corrected chi connectivity index (χ3v) is 5.95. The third kappa shape index (κ3) is 3.14. The van der Waals surface area contributed by atoms with Gasteiger partial charge in [0.15, 0.2) is 0 Å². The van der Waals surface area contributed by atoms with E-state index >= 15 is 0 Å². The molecule has 21 heavy (non-hydrogen) atoms. The highest BCUT2D eigenvalue weighted by Crippen LogP contribution is 2.53. The molecular weight excluding hydrogens is 326 g/mol. The number of halogens is 1. The van der Waals surface area contributed by atoms with E-state index in [4.69, 9.17) is 4.74 Å². The molecule has 2 aliphatic rings. The van der Waals surface area contributed by atoms with Gasteiger partial charge in [-0.05, 0) is 68.2 Å². The average Bonchev–Trinajstić information content (AvgIpc) is 3.08. The topological polar surface area (TPSA) is 21.3 Å². The van der Waals surface area contributed by atoms with Crippen LogP contribution >= 0.6 is 15.9 Å². The lowest BCUT2D eigenvalue weighted by Crippen LogP contribution is -2.31. The number of hydrogen-bond donors (Lipinski definition) is 1. The summed E-state index contributed by atoms with van der Waals surface area (Å²) in [5.74, 6) is 3.68. The van der Waals surface area contributed by atoms with Crippen molar-refractivity contribution in [1.29, 1.82) is 0 Å². The van der Waals surface area contributed by atoms with E-state index in [-0.39, 0.29) is 0 Å². The van der Waals surface area contributed by atoms with Crippen LogP contribution in [0.25, 0.3) is 0 Å². The minimum atomic E-state index is 0.482. The lowest BCUT2D eigenvalue weighted by atomic mass is 9.80. The van der Waals surface area contributed by atoms with Crippen LogP contribution in [0.15, 0.2) is 22.7 Å². The summed E-state index contributed by atoms with van der Waals surface area (Å²) in [5.41, 5.74) is 1.40. The Morgan fingerprint density at radius 1 is 1.29 bits per heavy atom. The van der Waals surface area contributed by atoms with E-state index in [1.165, 1.54) is 35.7 Å². The Kier molecular flexibility index (Phi) is 4.90. The second-order valence-electron chi connectivity index (χ2n) is 6.49. The van der Waals surface area contributed by atoms with Crippen LogP contribution in [0, 0.1) is 17.8 Å². The van der Waals surface area contributed by atoms with Gasteiger partial charge < -0.3 is 10.1 Å². The van der Waals surface area contributed by atoms with Crippen molar-refractivity contribution in [2.45, 2.75) is 45.6 Å². The van der Waals surface area contributed by atoms with E-state index in [1.54, 1.807) is 0 Å². The van der Waals surface area contributed by atoms with Gasteiger partial charge in [-0.15, -0.1) is 0 Å². The van der Waals surface area contributed by atoms with Crippen molar-refractivity contribution in [2.24, 2.45) is 17.8 Å². The zero-order valence-corrected chi connectivity index (χ0v) is 14.7. The fraction of sp³-hybridized carbons (Fsp3) is 0.667. The van der Waals surface area contributed by atoms with E-state index in [9.17, 15) is 0 Å². The number of benzene rings is 1. The van der Waals surface area contributed by atoms with Crippen LogP contribution in [-0.2, 0) is 0 Å². The minimum absolute atomic E-state index is 0.482. The lowest BCUT2D eigenvalue weighted by Gasteiger charge is -2.32. The molecule has 1 aromatic rings. The summed E-state index contributed by atoms with van der Waals surface area (Å²) >= 11 is 3.77. The van der Waals surface area contributed by atoms with E-state index in [1.807, 2.05) is 6.92 Å². The average molecular weight is 352 g/mol. The minimum Gasteiger partial charge on any atom is -0.494 e. The maximum Gasteiger partial charge on any atom is 0.120 e. The van der Waals surface area contributed by atoms with Gasteiger partial charge in [0.25, 0.3) is 0 Å². The smallest absolute Gasteiger partial charge is 0.120 e. The maximum absolute atomic E-state index is 5.61. The third-order valence-electron chi connectivity index (χ3n) is 5.26. The Hall–Kier alpha value is -0.540. The van der Waals surface area contributed by atoms with Crippen LogP contribution in [0.1, 0.15) is 51.1 Å². The highest BCUT2D eigenvalue weighted by atomic mass is 79.9. The van der Waals surface area contributed by atoms with Crippen molar-refractivity contribution in [3.05, 3.63) is 28.2 Å². The Bertz CT molecular complexity index is 490. The molecule has 0 heterocycles. The van der Waals surface area contributed by atoms with Gasteiger partial charge in [-0.3, -0.25) is 0 Å². The predicted molar refractivity (Wildman–Crippen MR) is 90.7 cm³/mol. The Balaban J connectivity index is 1.83. The van der Waals surface area contributed by atoms with Gasteiger partial charge in [-0.2, -0.15) is 0 Å². The molecule has 0 aromatic heterocycles. The molecule has 3 rings (SSSR count). The summed E-state index contributed by atoms with van der Waals surface area (Å²) in [4.78, 5) is 0. The molecule has 3 heteroatoms. The van der Waals surface area contributed by atoms with Gasteiger partial charge in [0, 0.05) is 10.5 Å². The zero-order valence-electron chi connectivity index (χ0n) is 13.1. The van der Waals surface area contributed by atoms with Gasteiger partial charge in [-0.25, -0.2) is 0 Å². The summed E-state index contributed by atoms with van der Waals surface area (Å²) in [6.45, 7) is 5.98. The Morgan fingerprint density at radius 2 is 2.14 bits per heavy atom. The monoisotopic (exact) mass is 351 g/mol. The number of ether oxygens (including phenoxy) is 1. The van der Waals surface area contributed by atoms with Crippen molar-refractivity contribution in [2.75, 3.05) is 13.2 Å². The summed E-state index contributed by atoms with van der Waals surface area (Å²) in [5, 5.41) is 3.75.